The van der Waals surface area contributed by atoms with Crippen LogP contribution in [0.25, 0.3) is 0 Å². The van der Waals surface area contributed by atoms with Crippen LogP contribution in [0.5, 0.6) is 0 Å². The highest BCUT2D eigenvalue weighted by atomic mass is 35.5. The van der Waals surface area contributed by atoms with Gasteiger partial charge < -0.3 is 9.47 Å². The number of allylic oxidation sites excluding steroid dienone is 2. The highest BCUT2D eigenvalue weighted by Crippen LogP contribution is 2.76. The Kier molecular flexibility index (Phi) is 2.33. The lowest BCUT2D eigenvalue weighted by molar-refractivity contribution is -0.172. The van der Waals surface area contributed by atoms with Gasteiger partial charge >= 0.3 is 0 Å². The third-order valence-electron chi connectivity index (χ3n) is 4.62. The number of alkyl halides is 2. The molecule has 1 saturated heterocycles. The molecule has 4 atom stereocenters. The molecule has 2 nitrogen and oxygen atoms in total. The van der Waals surface area contributed by atoms with E-state index < -0.39 is 15.5 Å². The predicted molar refractivity (Wildman–Crippen MR) is 71.3 cm³/mol. The summed E-state index contributed by atoms with van der Waals surface area (Å²) < 4.78 is 11.7. The maximum absolute atomic E-state index is 6.85. The Morgan fingerprint density at radius 3 is 2.33 bits per heavy atom. The van der Waals surface area contributed by atoms with E-state index in [9.17, 15) is 0 Å². The molecule has 1 spiro atoms. The topological polar surface area (TPSA) is 18.5 Å². The van der Waals surface area contributed by atoms with Crippen LogP contribution >= 0.6 is 46.4 Å². The van der Waals surface area contributed by atoms with Crippen LogP contribution in [0.3, 0.4) is 0 Å². The molecule has 2 fully saturated rings. The summed E-state index contributed by atoms with van der Waals surface area (Å²) in [5.74, 6) is -1.05. The van der Waals surface area contributed by atoms with Gasteiger partial charge in [0.25, 0.3) is 0 Å². The van der Waals surface area contributed by atoms with Crippen LogP contribution in [-0.4, -0.2) is 28.7 Å². The van der Waals surface area contributed by atoms with Crippen molar-refractivity contribution < 1.29 is 9.47 Å². The van der Waals surface area contributed by atoms with E-state index in [-0.39, 0.29) is 11.8 Å². The van der Waals surface area contributed by atoms with Crippen LogP contribution in [0, 0.1) is 11.8 Å². The first-order chi connectivity index (χ1) is 8.50. The summed E-state index contributed by atoms with van der Waals surface area (Å²) in [5, 5.41) is 0.753. The van der Waals surface area contributed by atoms with E-state index >= 15 is 0 Å². The Balaban J connectivity index is 2.02. The van der Waals surface area contributed by atoms with E-state index in [0.717, 1.165) is 6.42 Å². The van der Waals surface area contributed by atoms with Gasteiger partial charge in [-0.05, 0) is 6.42 Å². The lowest BCUT2D eigenvalue weighted by Gasteiger charge is -2.39. The number of fused-ring (bicyclic) bond motifs is 3. The SMILES string of the molecule is ClC1=C(Cl)[C@]2(Cl)[C@@H]3CC=C[C@@H]3[C@@]1(Cl)C21OCCO1. The molecule has 0 aromatic rings. The lowest BCUT2D eigenvalue weighted by atomic mass is 9.84. The maximum atomic E-state index is 6.85. The summed E-state index contributed by atoms with van der Waals surface area (Å²) in [7, 11) is 0. The summed E-state index contributed by atoms with van der Waals surface area (Å²) in [5.41, 5.74) is 0. The normalized spacial score (nSPS) is 51.8. The van der Waals surface area contributed by atoms with Crippen molar-refractivity contribution in [2.45, 2.75) is 22.0 Å². The van der Waals surface area contributed by atoms with Crippen molar-refractivity contribution in [1.82, 2.24) is 0 Å². The van der Waals surface area contributed by atoms with Gasteiger partial charge in [0.1, 0.15) is 9.75 Å². The molecule has 0 unspecified atom stereocenters. The van der Waals surface area contributed by atoms with E-state index in [1.165, 1.54) is 0 Å². The Morgan fingerprint density at radius 1 is 1.06 bits per heavy atom. The number of rotatable bonds is 0. The van der Waals surface area contributed by atoms with Crippen molar-refractivity contribution in [3.05, 3.63) is 22.2 Å². The average molecular weight is 328 g/mol. The fourth-order valence-corrected chi connectivity index (χ4v) is 6.06. The molecule has 1 saturated carbocycles. The third kappa shape index (κ3) is 0.933. The minimum Gasteiger partial charge on any atom is -0.344 e. The van der Waals surface area contributed by atoms with E-state index in [0.29, 0.717) is 23.3 Å². The Hall–Kier alpha value is 0.560. The van der Waals surface area contributed by atoms with E-state index in [1.54, 1.807) is 0 Å². The molecular weight excluding hydrogens is 318 g/mol. The quantitative estimate of drug-likeness (QED) is 0.500. The van der Waals surface area contributed by atoms with Crippen molar-refractivity contribution >= 4 is 46.4 Å². The fourth-order valence-electron chi connectivity index (χ4n) is 3.95. The van der Waals surface area contributed by atoms with Gasteiger partial charge in [-0.1, -0.05) is 35.4 Å². The van der Waals surface area contributed by atoms with Gasteiger partial charge in [-0.15, -0.1) is 23.2 Å². The first kappa shape index (κ1) is 12.3. The number of hydrogen-bond acceptors (Lipinski definition) is 2. The zero-order valence-corrected chi connectivity index (χ0v) is 12.3. The Labute approximate surface area is 125 Å². The molecule has 98 valence electrons. The third-order valence-corrected chi connectivity index (χ3v) is 7.29. The van der Waals surface area contributed by atoms with Gasteiger partial charge in [0.2, 0.25) is 5.79 Å². The molecule has 4 rings (SSSR count). The first-order valence-electron chi connectivity index (χ1n) is 5.89. The highest BCUT2D eigenvalue weighted by Gasteiger charge is 2.85. The van der Waals surface area contributed by atoms with E-state index in [2.05, 4.69) is 12.2 Å². The summed E-state index contributed by atoms with van der Waals surface area (Å²) in [4.78, 5) is -1.97. The minimum atomic E-state index is -1.13. The molecule has 18 heavy (non-hydrogen) atoms. The molecule has 0 radical (unpaired) electrons. The van der Waals surface area contributed by atoms with Gasteiger partial charge in [0.15, 0.2) is 0 Å². The van der Waals surface area contributed by atoms with Gasteiger partial charge in [-0.3, -0.25) is 0 Å². The van der Waals surface area contributed by atoms with Crippen LogP contribution in [0.4, 0.5) is 0 Å². The Bertz CT molecular complexity index is 496. The zero-order valence-electron chi connectivity index (χ0n) is 9.26. The summed E-state index contributed by atoms with van der Waals surface area (Å²) in [6.07, 6.45) is 4.95. The second kappa shape index (κ2) is 3.41. The maximum Gasteiger partial charge on any atom is 0.218 e. The van der Waals surface area contributed by atoms with Gasteiger partial charge in [0.05, 0.1) is 23.3 Å². The fraction of sp³-hybridized carbons (Fsp3) is 0.667. The molecule has 1 heterocycles. The molecular formula is C12H10Cl4O2. The van der Waals surface area contributed by atoms with Crippen molar-refractivity contribution in [3.8, 4) is 0 Å². The van der Waals surface area contributed by atoms with Crippen LogP contribution in [0.15, 0.2) is 22.2 Å². The van der Waals surface area contributed by atoms with Crippen LogP contribution in [-0.2, 0) is 9.47 Å². The van der Waals surface area contributed by atoms with Gasteiger partial charge in [-0.2, -0.15) is 0 Å². The first-order valence-corrected chi connectivity index (χ1v) is 7.40. The molecule has 0 amide bonds. The second-order valence-corrected chi connectivity index (χ2v) is 7.11. The summed E-state index contributed by atoms with van der Waals surface area (Å²) in [6.45, 7) is 0.918. The summed E-state index contributed by atoms with van der Waals surface area (Å²) in [6, 6.07) is 0. The Morgan fingerprint density at radius 2 is 1.67 bits per heavy atom. The molecule has 2 bridgehead atoms. The van der Waals surface area contributed by atoms with Crippen LogP contribution in [0.2, 0.25) is 0 Å². The molecule has 1 aliphatic heterocycles. The largest absolute Gasteiger partial charge is 0.344 e. The van der Waals surface area contributed by atoms with Crippen molar-refractivity contribution in [2.75, 3.05) is 13.2 Å². The van der Waals surface area contributed by atoms with Crippen LogP contribution in [0.1, 0.15) is 6.42 Å². The molecule has 3 aliphatic carbocycles. The molecule has 4 aliphatic rings. The van der Waals surface area contributed by atoms with E-state index in [4.69, 9.17) is 55.9 Å². The van der Waals surface area contributed by atoms with Crippen molar-refractivity contribution in [3.63, 3.8) is 0 Å². The van der Waals surface area contributed by atoms with Crippen molar-refractivity contribution in [1.29, 1.82) is 0 Å². The standard InChI is InChI=1S/C12H10Cl4O2/c13-8-9(14)11(16)7-3-1-2-6(7)10(8,15)12(11)17-4-5-18-12/h1-2,6-7H,3-5H2/t6-,7+,10-,11+/m0/s1. The monoisotopic (exact) mass is 326 g/mol. The predicted octanol–water partition coefficient (Wildman–Crippen LogP) is 3.59. The second-order valence-electron chi connectivity index (χ2n) is 5.16. The smallest absolute Gasteiger partial charge is 0.218 e. The zero-order chi connectivity index (χ0) is 12.8. The number of hydrogen-bond donors (Lipinski definition) is 0. The lowest BCUT2D eigenvalue weighted by Crippen LogP contribution is -2.55. The van der Waals surface area contributed by atoms with Gasteiger partial charge in [0, 0.05) is 11.8 Å². The number of ether oxygens (including phenoxy) is 2. The molecule has 0 aromatic heterocycles. The molecule has 6 heteroatoms. The molecule has 0 N–H and O–H groups in total. The minimum absolute atomic E-state index is 0.00441. The molecule has 0 aromatic carbocycles. The van der Waals surface area contributed by atoms with Gasteiger partial charge in [-0.25, -0.2) is 0 Å². The number of halogens is 4. The van der Waals surface area contributed by atoms with Crippen molar-refractivity contribution in [2.24, 2.45) is 11.8 Å². The summed E-state index contributed by atoms with van der Waals surface area (Å²) >= 11 is 26.4. The van der Waals surface area contributed by atoms with Crippen LogP contribution < -0.4 is 0 Å². The van der Waals surface area contributed by atoms with E-state index in [1.807, 2.05) is 0 Å². The average Bonchev–Trinajstić information content (AvgIpc) is 3.06. The highest BCUT2D eigenvalue weighted by molar-refractivity contribution is 6.52.